The van der Waals surface area contributed by atoms with Crippen LogP contribution in [-0.4, -0.2) is 34.9 Å². The van der Waals surface area contributed by atoms with Crippen LogP contribution in [0.5, 0.6) is 0 Å². The Morgan fingerprint density at radius 2 is 2.27 bits per heavy atom. The number of hydrogen-bond donors (Lipinski definition) is 2. The Kier molecular flexibility index (Phi) is 4.39. The van der Waals surface area contributed by atoms with Crippen LogP contribution in [0.25, 0.3) is 0 Å². The molecule has 5 nitrogen and oxygen atoms in total. The molecule has 0 spiro atoms. The summed E-state index contributed by atoms with van der Waals surface area (Å²) in [6, 6.07) is 0. The van der Waals surface area contributed by atoms with Crippen LogP contribution in [0.4, 0.5) is 0 Å². The van der Waals surface area contributed by atoms with Gasteiger partial charge in [-0.05, 0) is 25.2 Å². The molecule has 0 atom stereocenters. The third kappa shape index (κ3) is 4.18. The Labute approximate surface area is 89.9 Å². The molecule has 1 rings (SSSR count). The summed E-state index contributed by atoms with van der Waals surface area (Å²) in [5, 5.41) is 11.2. The van der Waals surface area contributed by atoms with Gasteiger partial charge in [0.05, 0.1) is 6.42 Å². The van der Waals surface area contributed by atoms with Gasteiger partial charge in [0.15, 0.2) is 0 Å². The van der Waals surface area contributed by atoms with Crippen LogP contribution < -0.4 is 5.73 Å². The van der Waals surface area contributed by atoms with Crippen LogP contribution in [0.1, 0.15) is 32.6 Å². The van der Waals surface area contributed by atoms with Crippen molar-refractivity contribution in [2.75, 3.05) is 13.1 Å². The average molecular weight is 213 g/mol. The molecule has 1 amide bonds. The van der Waals surface area contributed by atoms with Crippen LogP contribution in [0, 0.1) is 5.92 Å². The Hall–Kier alpha value is -1.26. The average Bonchev–Trinajstić information content (AvgIpc) is 3.00. The van der Waals surface area contributed by atoms with Crippen LogP contribution >= 0.6 is 0 Å². The predicted molar refractivity (Wildman–Crippen MR) is 57.6 cm³/mol. The molecule has 0 radical (unpaired) electrons. The Balaban J connectivity index is 2.41. The first kappa shape index (κ1) is 11.8. The van der Waals surface area contributed by atoms with Gasteiger partial charge in [-0.25, -0.2) is 0 Å². The highest BCUT2D eigenvalue weighted by molar-refractivity contribution is 5.98. The number of rotatable bonds is 6. The van der Waals surface area contributed by atoms with Crippen molar-refractivity contribution in [3.8, 4) is 0 Å². The second kappa shape index (κ2) is 5.58. The number of nitrogens with zero attached hydrogens (tertiary/aromatic N) is 2. The molecule has 1 saturated carbocycles. The summed E-state index contributed by atoms with van der Waals surface area (Å²) < 4.78 is 0. The number of amides is 1. The number of carbonyl (C=O) groups excluding carboxylic acids is 1. The zero-order chi connectivity index (χ0) is 11.3. The summed E-state index contributed by atoms with van der Waals surface area (Å²) in [5.74, 6) is 0.615. The highest BCUT2D eigenvalue weighted by atomic mass is 16.4. The van der Waals surface area contributed by atoms with Gasteiger partial charge in [0.1, 0.15) is 5.84 Å². The van der Waals surface area contributed by atoms with Crippen LogP contribution in [0.3, 0.4) is 0 Å². The van der Waals surface area contributed by atoms with Crippen molar-refractivity contribution in [2.24, 2.45) is 16.8 Å². The molecule has 0 aliphatic heterocycles. The van der Waals surface area contributed by atoms with Gasteiger partial charge in [-0.2, -0.15) is 0 Å². The Morgan fingerprint density at radius 3 is 2.73 bits per heavy atom. The molecule has 0 aromatic heterocycles. The van der Waals surface area contributed by atoms with Gasteiger partial charge in [-0.1, -0.05) is 12.1 Å². The number of hydrogen-bond acceptors (Lipinski definition) is 3. The van der Waals surface area contributed by atoms with E-state index in [-0.39, 0.29) is 18.2 Å². The molecule has 1 fully saturated rings. The molecule has 1 aliphatic carbocycles. The summed E-state index contributed by atoms with van der Waals surface area (Å²) in [4.78, 5) is 13.5. The van der Waals surface area contributed by atoms with E-state index in [0.717, 1.165) is 19.5 Å². The van der Waals surface area contributed by atoms with E-state index in [4.69, 9.17) is 10.9 Å². The molecule has 86 valence electrons. The maximum absolute atomic E-state index is 11.7. The highest BCUT2D eigenvalue weighted by Gasteiger charge is 2.26. The summed E-state index contributed by atoms with van der Waals surface area (Å²) in [6.45, 7) is 3.62. The lowest BCUT2D eigenvalue weighted by Gasteiger charge is -2.21. The van der Waals surface area contributed by atoms with Gasteiger partial charge < -0.3 is 15.8 Å². The normalized spacial score (nSPS) is 16.5. The molecule has 0 bridgehead atoms. The molecule has 3 N–H and O–H groups in total. The lowest BCUT2D eigenvalue weighted by atomic mass is 10.2. The number of oxime groups is 1. The van der Waals surface area contributed by atoms with Gasteiger partial charge in [0, 0.05) is 13.1 Å². The van der Waals surface area contributed by atoms with Crippen molar-refractivity contribution in [3.05, 3.63) is 0 Å². The van der Waals surface area contributed by atoms with Crippen molar-refractivity contribution in [1.29, 1.82) is 0 Å². The molecule has 5 heteroatoms. The smallest absolute Gasteiger partial charge is 0.230 e. The van der Waals surface area contributed by atoms with Gasteiger partial charge in [0.2, 0.25) is 5.91 Å². The maximum atomic E-state index is 11.7. The minimum absolute atomic E-state index is 0.0168. The second-order valence-corrected chi connectivity index (χ2v) is 4.05. The SMILES string of the molecule is CCCN(CC1CC1)C(=O)CC(N)=NO. The third-order valence-corrected chi connectivity index (χ3v) is 2.48. The monoisotopic (exact) mass is 213 g/mol. The first-order valence-electron chi connectivity index (χ1n) is 5.41. The Morgan fingerprint density at radius 1 is 1.60 bits per heavy atom. The lowest BCUT2D eigenvalue weighted by molar-refractivity contribution is -0.130. The van der Waals surface area contributed by atoms with Crippen LogP contribution in [0.15, 0.2) is 5.16 Å². The van der Waals surface area contributed by atoms with E-state index in [0.29, 0.717) is 5.92 Å². The van der Waals surface area contributed by atoms with Crippen molar-refractivity contribution >= 4 is 11.7 Å². The van der Waals surface area contributed by atoms with Crippen molar-refractivity contribution in [1.82, 2.24) is 4.90 Å². The molecular formula is C10H19N3O2. The molecule has 0 saturated heterocycles. The first-order chi connectivity index (χ1) is 7.17. The van der Waals surface area contributed by atoms with E-state index >= 15 is 0 Å². The van der Waals surface area contributed by atoms with E-state index in [1.807, 2.05) is 11.8 Å². The number of carbonyl (C=O) groups is 1. The highest BCUT2D eigenvalue weighted by Crippen LogP contribution is 2.29. The fourth-order valence-corrected chi connectivity index (χ4v) is 1.50. The molecule has 0 aromatic carbocycles. The minimum Gasteiger partial charge on any atom is -0.409 e. The van der Waals surface area contributed by atoms with Crippen molar-refractivity contribution in [3.63, 3.8) is 0 Å². The molecule has 15 heavy (non-hydrogen) atoms. The maximum Gasteiger partial charge on any atom is 0.230 e. The number of amidine groups is 1. The Bertz CT molecular complexity index is 249. The van der Waals surface area contributed by atoms with E-state index in [2.05, 4.69) is 5.16 Å². The van der Waals surface area contributed by atoms with Gasteiger partial charge >= 0.3 is 0 Å². The lowest BCUT2D eigenvalue weighted by Crippen LogP contribution is -2.36. The summed E-state index contributed by atoms with van der Waals surface area (Å²) in [5.41, 5.74) is 5.31. The minimum atomic E-state index is -0.0425. The molecular weight excluding hydrogens is 194 g/mol. The molecule has 0 unspecified atom stereocenters. The molecule has 0 aromatic rings. The van der Waals surface area contributed by atoms with Crippen molar-refractivity contribution in [2.45, 2.75) is 32.6 Å². The van der Waals surface area contributed by atoms with Gasteiger partial charge in [0.25, 0.3) is 0 Å². The number of nitrogens with two attached hydrogens (primary N) is 1. The summed E-state index contributed by atoms with van der Waals surface area (Å²) in [7, 11) is 0. The topological polar surface area (TPSA) is 78.9 Å². The fourth-order valence-electron chi connectivity index (χ4n) is 1.50. The van der Waals surface area contributed by atoms with E-state index in [1.54, 1.807) is 0 Å². The standard InChI is InChI=1S/C10H19N3O2/c1-2-5-13(7-8-3-4-8)10(14)6-9(11)12-15/h8,15H,2-7H2,1H3,(H2,11,12). The van der Waals surface area contributed by atoms with Crippen molar-refractivity contribution < 1.29 is 10.0 Å². The van der Waals surface area contributed by atoms with Crippen LogP contribution in [0.2, 0.25) is 0 Å². The fraction of sp³-hybridized carbons (Fsp3) is 0.800. The molecule has 0 heterocycles. The third-order valence-electron chi connectivity index (χ3n) is 2.48. The summed E-state index contributed by atoms with van der Waals surface area (Å²) in [6.07, 6.45) is 3.39. The summed E-state index contributed by atoms with van der Waals surface area (Å²) >= 11 is 0. The van der Waals surface area contributed by atoms with E-state index < -0.39 is 0 Å². The van der Waals surface area contributed by atoms with E-state index in [9.17, 15) is 4.79 Å². The largest absolute Gasteiger partial charge is 0.409 e. The quantitative estimate of drug-likeness (QED) is 0.296. The molecule has 1 aliphatic rings. The van der Waals surface area contributed by atoms with Gasteiger partial charge in [-0.15, -0.1) is 0 Å². The second-order valence-electron chi connectivity index (χ2n) is 4.05. The van der Waals surface area contributed by atoms with Gasteiger partial charge in [-0.3, -0.25) is 4.79 Å². The first-order valence-corrected chi connectivity index (χ1v) is 5.41. The van der Waals surface area contributed by atoms with E-state index in [1.165, 1.54) is 12.8 Å². The zero-order valence-corrected chi connectivity index (χ0v) is 9.15. The van der Waals surface area contributed by atoms with Crippen LogP contribution in [-0.2, 0) is 4.79 Å². The zero-order valence-electron chi connectivity index (χ0n) is 9.15. The predicted octanol–water partition coefficient (Wildman–Crippen LogP) is 0.772.